The smallest absolute Gasteiger partial charge is 0.415 e. The number of Topliss-reactive ketones (excluding diaryl/α,β-unsaturated/α-hetero) is 1. The van der Waals surface area contributed by atoms with Gasteiger partial charge in [0, 0.05) is 124 Å². The second-order valence-corrected chi connectivity index (χ2v) is 29.2. The first-order chi connectivity index (χ1) is 54.4. The molecule has 0 bridgehead atoms. The van der Waals surface area contributed by atoms with Crippen LogP contribution in [0.3, 0.4) is 0 Å². The molecule has 0 spiro atoms. The molecule has 35 heteroatoms. The molecule has 0 radical (unpaired) electrons. The first-order valence-electron chi connectivity index (χ1n) is 37.2. The van der Waals surface area contributed by atoms with E-state index in [1.165, 1.54) is 33.7 Å². The van der Waals surface area contributed by atoms with Crippen LogP contribution in [0, 0.1) is 11.8 Å². The molecule has 9 unspecified atom stereocenters. The van der Waals surface area contributed by atoms with E-state index in [-0.39, 0.29) is 135 Å². The van der Waals surface area contributed by atoms with Gasteiger partial charge in [-0.2, -0.15) is 0 Å². The number of carboxylic acids is 1. The number of hydrogen-bond donors (Lipinski definition) is 9. The van der Waals surface area contributed by atoms with Crippen LogP contribution in [0.1, 0.15) is 87.4 Å². The van der Waals surface area contributed by atoms with Crippen LogP contribution in [0.25, 0.3) is 21.5 Å². The molecule has 3 aliphatic rings. The van der Waals surface area contributed by atoms with E-state index >= 15 is 0 Å². The Morgan fingerprint density at radius 1 is 0.637 bits per heavy atom. The van der Waals surface area contributed by atoms with Gasteiger partial charge in [0.1, 0.15) is 36.4 Å². The summed E-state index contributed by atoms with van der Waals surface area (Å²) in [6, 6.07) is 25.4. The summed E-state index contributed by atoms with van der Waals surface area (Å²) in [5.74, 6) is -5.22. The molecule has 11 N–H and O–H groups in total. The number of benzene rings is 5. The van der Waals surface area contributed by atoms with Gasteiger partial charge in [0.05, 0.1) is 106 Å². The van der Waals surface area contributed by atoms with Crippen LogP contribution in [0.2, 0.25) is 0 Å². The molecule has 9 atom stereocenters. The molecule has 8 amide bonds. The standard InChI is InChI=1S/C78H99Cl2N9O23S/c1-46(2)66(85-63(91)21-26-103-28-30-105-32-34-107-36-37-108-35-33-106-31-29-104-27-22-81)58(90)38-48(10-9-23-83-76(82)100)71(95)84-51-17-15-47(16-18-51)45-109-77(101)86(3)24-25-87(4)78(102)111-60-40-57-65(55-14-8-6-12-53(55)60)50(42-80)44-89(57)73(97)62-20-19-61(113-62)72(96)88-43-49(41-79)64-54-13-7-5-11-52(54)59(39-56(64)88)110-75-69(94)67(92)68(93)70(112-75)74(98)99/h5-8,11-20,39-40,46,48-50,66-70,75,92-94H,9-10,21-38,41-45,81H2,1-4H3,(H,84,95)(H,85,91)(H,98,99)(H3,82,83,100). The number of nitrogens with zero attached hydrogens (tertiary/aromatic N) is 4. The van der Waals surface area contributed by atoms with Crippen molar-refractivity contribution in [2.24, 2.45) is 23.3 Å². The van der Waals surface area contributed by atoms with Crippen LogP contribution >= 0.6 is 34.5 Å². The molecular formula is C78H99Cl2N9O23S. The molecule has 113 heavy (non-hydrogen) atoms. The first kappa shape index (κ1) is 88.0. The van der Waals surface area contributed by atoms with Gasteiger partial charge < -0.3 is 115 Å². The van der Waals surface area contributed by atoms with E-state index in [2.05, 4.69) is 16.0 Å². The Kier molecular flexibility index (Phi) is 33.9. The lowest BCUT2D eigenvalue weighted by Crippen LogP contribution is -2.61. The Balaban J connectivity index is 0.740. The minimum atomic E-state index is -1.95. The fraction of sp³-hybridized carbons (Fsp3) is 0.500. The third kappa shape index (κ3) is 23.9. The largest absolute Gasteiger partial charge is 0.479 e. The zero-order valence-corrected chi connectivity index (χ0v) is 65.7. The number of carbonyl (C=O) groups is 9. The molecule has 3 aliphatic heterocycles. The van der Waals surface area contributed by atoms with Gasteiger partial charge >= 0.3 is 24.2 Å². The lowest BCUT2D eigenvalue weighted by atomic mass is 9.89. The van der Waals surface area contributed by atoms with Crippen LogP contribution < -0.4 is 46.7 Å². The summed E-state index contributed by atoms with van der Waals surface area (Å²) in [5, 5.41) is 52.1. The maximum absolute atomic E-state index is 14.8. The maximum atomic E-state index is 14.8. The summed E-state index contributed by atoms with van der Waals surface area (Å²) < 4.78 is 56.0. The van der Waals surface area contributed by atoms with Gasteiger partial charge in [-0.15, -0.1) is 34.5 Å². The number of ether oxygens (including phenoxy) is 10. The summed E-state index contributed by atoms with van der Waals surface area (Å²) in [6.07, 6.45) is -10.6. The van der Waals surface area contributed by atoms with Crippen LogP contribution in [0.15, 0.2) is 97.1 Å². The number of anilines is 3. The zero-order chi connectivity index (χ0) is 81.3. The third-order valence-electron chi connectivity index (χ3n) is 19.2. The number of aliphatic hydroxyl groups excluding tert-OH is 3. The number of aliphatic hydroxyl groups is 3. The Bertz CT molecular complexity index is 4240. The van der Waals surface area contributed by atoms with Gasteiger partial charge in [0.2, 0.25) is 18.1 Å². The SMILES string of the molecule is CC(C)C(NC(=O)CCOCCOCCOCCOCCOCCOCCN)C(=O)CC(CCCNC(N)=O)C(=O)Nc1ccc(COC(=O)N(C)CCN(C)C(=O)Oc2cc3c(c4ccccc24)C(CCl)CN3C(=O)c2ccc(C(=O)N3CC(CCl)c4c3cc(OC3OC(C(=O)O)C(O)C(O)C3O)c3ccccc43)s2)cc1. The molecule has 5 aromatic carbocycles. The Morgan fingerprint density at radius 3 is 1.64 bits per heavy atom. The predicted molar refractivity (Wildman–Crippen MR) is 419 cm³/mol. The first-order valence-corrected chi connectivity index (χ1v) is 39.1. The number of nitrogens with one attached hydrogen (secondary N) is 3. The number of amides is 8. The summed E-state index contributed by atoms with van der Waals surface area (Å²) in [5.41, 5.74) is 13.9. The fourth-order valence-corrected chi connectivity index (χ4v) is 14.6. The van der Waals surface area contributed by atoms with Crippen LogP contribution in [-0.4, -0.2) is 265 Å². The summed E-state index contributed by atoms with van der Waals surface area (Å²) in [4.78, 5) is 127. The van der Waals surface area contributed by atoms with E-state index in [9.17, 15) is 63.6 Å². The lowest BCUT2D eigenvalue weighted by Gasteiger charge is -2.38. The molecule has 9 rings (SSSR count). The molecule has 0 aliphatic carbocycles. The van der Waals surface area contributed by atoms with Crippen molar-refractivity contribution in [2.75, 3.05) is 160 Å². The quantitative estimate of drug-likeness (QED) is 0.0145. The number of rotatable bonds is 44. The van der Waals surface area contributed by atoms with Crippen LogP contribution in [0.4, 0.5) is 31.4 Å². The summed E-state index contributed by atoms with van der Waals surface area (Å²) in [6.45, 7) is 8.80. The monoisotopic (exact) mass is 1630 g/mol. The molecule has 0 saturated carbocycles. The van der Waals surface area contributed by atoms with Crippen molar-refractivity contribution in [1.82, 2.24) is 20.4 Å². The number of likely N-dealkylation sites (N-methyl/N-ethyl adjacent to an activating group) is 2. The highest BCUT2D eigenvalue weighted by molar-refractivity contribution is 7.16. The number of primary amides is 1. The number of carbonyl (C=O) groups excluding carboxylic acids is 8. The molecule has 6 aromatic rings. The minimum absolute atomic E-state index is 0.00331. The Labute approximate surface area is 667 Å². The van der Waals surface area contributed by atoms with Crippen LogP contribution in [0.5, 0.6) is 11.5 Å². The van der Waals surface area contributed by atoms with E-state index in [1.807, 2.05) is 12.1 Å². The maximum Gasteiger partial charge on any atom is 0.415 e. The second kappa shape index (κ2) is 43.5. The normalized spacial score (nSPS) is 18.3. The van der Waals surface area contributed by atoms with Crippen LogP contribution in [-0.2, 0) is 63.7 Å². The van der Waals surface area contributed by atoms with Gasteiger partial charge in [-0.1, -0.05) is 74.5 Å². The van der Waals surface area contributed by atoms with E-state index in [4.69, 9.17) is 82.0 Å². The van der Waals surface area contributed by atoms with Crippen molar-refractivity contribution >= 4 is 127 Å². The minimum Gasteiger partial charge on any atom is -0.479 e. The molecule has 1 fully saturated rings. The van der Waals surface area contributed by atoms with Crippen molar-refractivity contribution in [1.29, 1.82) is 0 Å². The topological polar surface area (TPSA) is 428 Å². The van der Waals surface area contributed by atoms with Crippen molar-refractivity contribution in [2.45, 2.75) is 94.7 Å². The fourth-order valence-electron chi connectivity index (χ4n) is 13.2. The average Bonchev–Trinajstić information content (AvgIpc) is 1.62. The number of fused-ring (bicyclic) bond motifs is 6. The molecule has 614 valence electrons. The van der Waals surface area contributed by atoms with Crippen molar-refractivity contribution < 1.29 is 111 Å². The highest BCUT2D eigenvalue weighted by Gasteiger charge is 2.49. The number of nitrogens with two attached hydrogens (primary N) is 2. The van der Waals surface area contributed by atoms with E-state index in [0.717, 1.165) is 16.9 Å². The molecule has 32 nitrogen and oxygen atoms in total. The molecule has 1 aromatic heterocycles. The lowest BCUT2D eigenvalue weighted by molar-refractivity contribution is -0.270. The predicted octanol–water partition coefficient (Wildman–Crippen LogP) is 6.54. The van der Waals surface area contributed by atoms with E-state index in [1.54, 1.807) is 98.8 Å². The number of alkyl halides is 2. The van der Waals surface area contributed by atoms with Gasteiger partial charge in [-0.3, -0.25) is 24.0 Å². The second-order valence-electron chi connectivity index (χ2n) is 27.5. The summed E-state index contributed by atoms with van der Waals surface area (Å²) >= 11 is 14.2. The molecule has 4 heterocycles. The number of halogens is 2. The van der Waals surface area contributed by atoms with Crippen molar-refractivity contribution in [3.05, 3.63) is 124 Å². The number of urea groups is 1. The highest BCUT2D eigenvalue weighted by atomic mass is 35.5. The van der Waals surface area contributed by atoms with E-state index in [0.29, 0.717) is 122 Å². The molecular weight excluding hydrogens is 1530 g/mol. The zero-order valence-electron chi connectivity index (χ0n) is 63.3. The summed E-state index contributed by atoms with van der Waals surface area (Å²) in [7, 11) is 3.00. The average molecular weight is 1630 g/mol. The van der Waals surface area contributed by atoms with Gasteiger partial charge in [0.15, 0.2) is 11.9 Å². The third-order valence-corrected chi connectivity index (χ3v) is 21.0. The van der Waals surface area contributed by atoms with Gasteiger partial charge in [0.25, 0.3) is 11.8 Å². The Morgan fingerprint density at radius 2 is 1.13 bits per heavy atom. The van der Waals surface area contributed by atoms with Crippen molar-refractivity contribution in [3.63, 3.8) is 0 Å². The number of ketones is 1. The van der Waals surface area contributed by atoms with E-state index < -0.39 is 90.5 Å². The molecule has 1 saturated heterocycles. The number of carboxylic acid groups (broad SMARTS) is 1. The number of thiophene rings is 1. The Hall–Kier alpha value is -8.91. The van der Waals surface area contributed by atoms with Gasteiger partial charge in [-0.05, 0) is 70.5 Å². The van der Waals surface area contributed by atoms with Gasteiger partial charge in [-0.25, -0.2) is 19.2 Å². The number of aliphatic carboxylic acids is 1. The van der Waals surface area contributed by atoms with Crippen molar-refractivity contribution in [3.8, 4) is 11.5 Å². The highest BCUT2D eigenvalue weighted by Crippen LogP contribution is 2.49. The number of hydrogen-bond acceptors (Lipinski definition) is 24.